The first-order chi connectivity index (χ1) is 12.7. The summed E-state index contributed by atoms with van der Waals surface area (Å²) in [5.74, 6) is 2.73. The van der Waals surface area contributed by atoms with E-state index in [0.29, 0.717) is 17.9 Å². The van der Waals surface area contributed by atoms with E-state index in [1.807, 2.05) is 53.1 Å². The van der Waals surface area contributed by atoms with Gasteiger partial charge in [-0.3, -0.25) is 9.59 Å². The van der Waals surface area contributed by atoms with Crippen LogP contribution in [0, 0.1) is 0 Å². The average Bonchev–Trinajstić information content (AvgIpc) is 2.70. The molecule has 1 aliphatic rings. The molecule has 0 aromatic heterocycles. The van der Waals surface area contributed by atoms with Crippen LogP contribution in [0.3, 0.4) is 0 Å². The van der Waals surface area contributed by atoms with E-state index < -0.39 is 5.43 Å². The van der Waals surface area contributed by atoms with Gasteiger partial charge in [0.05, 0.1) is 7.11 Å². The summed E-state index contributed by atoms with van der Waals surface area (Å²) in [5.41, 5.74) is 1.19. The fraction of sp³-hybridized carbons (Fsp3) is 0.300. The van der Waals surface area contributed by atoms with Gasteiger partial charge in [0, 0.05) is 36.7 Å². The molecule has 0 aliphatic carbocycles. The minimum absolute atomic E-state index is 0.371. The van der Waals surface area contributed by atoms with Gasteiger partial charge in [-0.25, -0.2) is 0 Å². The van der Waals surface area contributed by atoms with Gasteiger partial charge >= 0.3 is 0 Å². The van der Waals surface area contributed by atoms with Crippen LogP contribution in [0.4, 0.5) is 11.4 Å². The van der Waals surface area contributed by atoms with Crippen molar-refractivity contribution < 1.29 is 4.74 Å². The summed E-state index contributed by atoms with van der Waals surface area (Å²) in [6.45, 7) is 2.05. The Balaban J connectivity index is 1.65. The molecule has 6 heteroatoms. The molecule has 3 aromatic carbocycles. The Morgan fingerprint density at radius 2 is 1.85 bits per heavy atom. The van der Waals surface area contributed by atoms with Crippen molar-refractivity contribution in [3.63, 3.8) is 0 Å². The Bertz CT molecular complexity index is 1020. The predicted octanol–water partition coefficient (Wildman–Crippen LogP) is 2.61. The first kappa shape index (κ1) is 17.0. The van der Waals surface area contributed by atoms with Crippen LogP contribution in [-0.2, 0) is 6.54 Å². The van der Waals surface area contributed by atoms with Gasteiger partial charge in [0.2, 0.25) is 0 Å². The molecule has 1 N–H and O–H groups in total. The first-order valence-corrected chi connectivity index (χ1v) is 9.80. The van der Waals surface area contributed by atoms with Crippen LogP contribution in [0.1, 0.15) is 5.56 Å². The van der Waals surface area contributed by atoms with Crippen LogP contribution in [0.15, 0.2) is 46.0 Å². The van der Waals surface area contributed by atoms with Gasteiger partial charge in [-0.05, 0) is 16.8 Å². The largest absolute Gasteiger partial charge is 0.496 e. The highest BCUT2D eigenvalue weighted by Crippen LogP contribution is 2.30. The third-order valence-corrected chi connectivity index (χ3v) is 5.81. The second-order valence-electron chi connectivity index (χ2n) is 6.30. The summed E-state index contributed by atoms with van der Waals surface area (Å²) >= 11 is 1.87. The zero-order chi connectivity index (χ0) is 18.1. The summed E-state index contributed by atoms with van der Waals surface area (Å²) < 4.78 is 5.51. The molecule has 3 aromatic rings. The number of ether oxygens (including phenoxy) is 1. The van der Waals surface area contributed by atoms with Gasteiger partial charge < -0.3 is 15.0 Å². The molecule has 5 nitrogen and oxygen atoms in total. The molecule has 0 spiro atoms. The number of rotatable bonds is 5. The molecule has 0 saturated carbocycles. The fourth-order valence-electron chi connectivity index (χ4n) is 3.50. The van der Waals surface area contributed by atoms with Crippen LogP contribution < -0.4 is 25.8 Å². The SMILES string of the molecule is COc1ccc2ccccc2c1CNc1c(N2CCSCC2)c(=O)c1=O. The summed E-state index contributed by atoms with van der Waals surface area (Å²) in [7, 11) is 1.64. The molecule has 26 heavy (non-hydrogen) atoms. The lowest BCUT2D eigenvalue weighted by molar-refractivity contribution is 0.411. The van der Waals surface area contributed by atoms with Crippen molar-refractivity contribution in [3.8, 4) is 5.75 Å². The maximum Gasteiger partial charge on any atom is 0.253 e. The topological polar surface area (TPSA) is 58.6 Å². The molecule has 0 radical (unpaired) electrons. The minimum atomic E-state index is -0.419. The molecule has 0 unspecified atom stereocenters. The van der Waals surface area contributed by atoms with Gasteiger partial charge in [0.15, 0.2) is 0 Å². The van der Waals surface area contributed by atoms with Crippen LogP contribution in [0.5, 0.6) is 5.75 Å². The quantitative estimate of drug-likeness (QED) is 0.699. The van der Waals surface area contributed by atoms with E-state index >= 15 is 0 Å². The Morgan fingerprint density at radius 1 is 1.08 bits per heavy atom. The lowest BCUT2D eigenvalue weighted by Gasteiger charge is -2.30. The second kappa shape index (κ2) is 7.03. The number of thioether (sulfide) groups is 1. The molecule has 4 rings (SSSR count). The number of anilines is 2. The Hall–Kier alpha value is -2.47. The maximum atomic E-state index is 12.1. The van der Waals surface area contributed by atoms with E-state index in [1.54, 1.807) is 7.11 Å². The highest BCUT2D eigenvalue weighted by molar-refractivity contribution is 7.99. The second-order valence-corrected chi connectivity index (χ2v) is 7.53. The van der Waals surface area contributed by atoms with E-state index in [1.165, 1.54) is 0 Å². The number of hydrogen-bond acceptors (Lipinski definition) is 6. The molecule has 1 aliphatic heterocycles. The van der Waals surface area contributed by atoms with Crippen molar-refractivity contribution in [1.29, 1.82) is 0 Å². The molecular weight excluding hydrogens is 348 g/mol. The van der Waals surface area contributed by atoms with Crippen LogP contribution in [-0.4, -0.2) is 31.7 Å². The van der Waals surface area contributed by atoms with Crippen molar-refractivity contribution in [2.24, 2.45) is 0 Å². The maximum absolute atomic E-state index is 12.1. The van der Waals surface area contributed by atoms with Gasteiger partial charge in [-0.1, -0.05) is 30.3 Å². The van der Waals surface area contributed by atoms with Gasteiger partial charge in [0.25, 0.3) is 10.9 Å². The van der Waals surface area contributed by atoms with Gasteiger partial charge in [-0.15, -0.1) is 0 Å². The third kappa shape index (κ3) is 2.84. The van der Waals surface area contributed by atoms with E-state index in [4.69, 9.17) is 4.74 Å². The fourth-order valence-corrected chi connectivity index (χ4v) is 4.40. The van der Waals surface area contributed by atoms with Gasteiger partial charge in [-0.2, -0.15) is 11.8 Å². The molecule has 0 amide bonds. The van der Waals surface area contributed by atoms with Crippen molar-refractivity contribution in [1.82, 2.24) is 0 Å². The molecule has 134 valence electrons. The summed E-state index contributed by atoms with van der Waals surface area (Å²) in [6.07, 6.45) is 0. The van der Waals surface area contributed by atoms with Crippen LogP contribution >= 0.6 is 11.8 Å². The zero-order valence-corrected chi connectivity index (χ0v) is 15.4. The highest BCUT2D eigenvalue weighted by Gasteiger charge is 2.27. The Kier molecular flexibility index (Phi) is 4.59. The van der Waals surface area contributed by atoms with Crippen molar-refractivity contribution >= 4 is 33.9 Å². The third-order valence-electron chi connectivity index (χ3n) is 4.87. The average molecular weight is 368 g/mol. The molecule has 0 atom stereocenters. The van der Waals surface area contributed by atoms with Gasteiger partial charge in [0.1, 0.15) is 17.1 Å². The summed E-state index contributed by atoms with van der Waals surface area (Å²) in [5, 5.41) is 5.40. The number of benzene rings is 2. The number of nitrogens with zero attached hydrogens (tertiary/aromatic N) is 1. The summed E-state index contributed by atoms with van der Waals surface area (Å²) in [6, 6.07) is 12.0. The number of nitrogens with one attached hydrogen (secondary N) is 1. The summed E-state index contributed by atoms with van der Waals surface area (Å²) in [4.78, 5) is 26.2. The zero-order valence-electron chi connectivity index (χ0n) is 14.6. The Morgan fingerprint density at radius 3 is 2.62 bits per heavy atom. The van der Waals surface area contributed by atoms with Crippen molar-refractivity contribution in [2.45, 2.75) is 6.54 Å². The smallest absolute Gasteiger partial charge is 0.253 e. The standard InChI is InChI=1S/C20H20N2O3S/c1-25-16-7-6-13-4-2-3-5-14(13)15(16)12-21-17-18(20(24)19(17)23)22-8-10-26-11-9-22/h2-7,21H,8-12H2,1H3. The van der Waals surface area contributed by atoms with Crippen molar-refractivity contribution in [3.05, 3.63) is 62.4 Å². The van der Waals surface area contributed by atoms with Crippen molar-refractivity contribution in [2.75, 3.05) is 41.9 Å². The van der Waals surface area contributed by atoms with E-state index in [2.05, 4.69) is 5.32 Å². The highest BCUT2D eigenvalue weighted by atomic mass is 32.2. The molecular formula is C20H20N2O3S. The monoisotopic (exact) mass is 368 g/mol. The van der Waals surface area contributed by atoms with Crippen LogP contribution in [0.25, 0.3) is 10.8 Å². The number of methoxy groups -OCH3 is 1. The van der Waals surface area contributed by atoms with E-state index in [0.717, 1.165) is 46.7 Å². The van der Waals surface area contributed by atoms with Crippen LogP contribution in [0.2, 0.25) is 0 Å². The lowest BCUT2D eigenvalue weighted by atomic mass is 10.0. The van der Waals surface area contributed by atoms with E-state index in [-0.39, 0.29) is 5.43 Å². The number of fused-ring (bicyclic) bond motifs is 1. The minimum Gasteiger partial charge on any atom is -0.496 e. The molecule has 1 fully saturated rings. The molecule has 1 heterocycles. The number of hydrogen-bond donors (Lipinski definition) is 1. The first-order valence-electron chi connectivity index (χ1n) is 8.65. The molecule has 1 saturated heterocycles. The lowest BCUT2D eigenvalue weighted by Crippen LogP contribution is -2.45. The van der Waals surface area contributed by atoms with E-state index in [9.17, 15) is 9.59 Å². The normalized spacial score (nSPS) is 14.7. The Labute approximate surface area is 155 Å². The molecule has 0 bridgehead atoms. The predicted molar refractivity (Wildman–Crippen MR) is 109 cm³/mol.